The van der Waals surface area contributed by atoms with Crippen molar-refractivity contribution in [2.45, 2.75) is 25.8 Å². The van der Waals surface area contributed by atoms with Crippen molar-refractivity contribution >= 4 is 17.2 Å². The van der Waals surface area contributed by atoms with Gasteiger partial charge >= 0.3 is 0 Å². The van der Waals surface area contributed by atoms with Gasteiger partial charge in [0.2, 0.25) is 0 Å². The fourth-order valence-electron chi connectivity index (χ4n) is 4.20. The Hall–Kier alpha value is -3.99. The third-order valence-electron chi connectivity index (χ3n) is 6.00. The molecule has 0 radical (unpaired) electrons. The average molecular weight is 437 g/mol. The predicted molar refractivity (Wildman–Crippen MR) is 134 cm³/mol. The van der Waals surface area contributed by atoms with Gasteiger partial charge in [-0.05, 0) is 47.9 Å². The van der Waals surface area contributed by atoms with Crippen LogP contribution in [0.5, 0.6) is 5.75 Å². The van der Waals surface area contributed by atoms with Crippen LogP contribution < -0.4 is 15.4 Å². The molecule has 1 aliphatic rings. The van der Waals surface area contributed by atoms with Crippen LogP contribution in [0.2, 0.25) is 0 Å². The molecule has 5 heteroatoms. The van der Waals surface area contributed by atoms with Crippen LogP contribution in [-0.2, 0) is 6.42 Å². The minimum Gasteiger partial charge on any atom is -0.493 e. The van der Waals surface area contributed by atoms with Gasteiger partial charge < -0.3 is 19.9 Å². The Morgan fingerprint density at radius 3 is 2.85 bits per heavy atom. The standard InChI is InChI=1S/C28H28N4O/c1-3-26(21-7-5-4-6-8-21)30-20(2)23-12-15-32(19-23)25-11-14-29-28(18-25)31-24-9-10-27-22(17-24)13-16-33-27/h4-12,14-15,17-19,26,30H,2-3,13,16H2,1H3,(H,29,31). The average Bonchev–Trinajstić information content (AvgIpc) is 3.53. The first-order valence-corrected chi connectivity index (χ1v) is 11.4. The molecule has 0 amide bonds. The second kappa shape index (κ2) is 9.25. The van der Waals surface area contributed by atoms with Crippen molar-refractivity contribution in [3.8, 4) is 11.4 Å². The molecular weight excluding hydrogens is 408 g/mol. The summed E-state index contributed by atoms with van der Waals surface area (Å²) in [6, 6.07) is 23.0. The minimum atomic E-state index is 0.233. The number of hydrogen-bond donors (Lipinski definition) is 2. The normalized spacial score (nSPS) is 13.1. The number of fused-ring (bicyclic) bond motifs is 1. The fourth-order valence-corrected chi connectivity index (χ4v) is 4.20. The van der Waals surface area contributed by atoms with Crippen LogP contribution in [0.3, 0.4) is 0 Å². The summed E-state index contributed by atoms with van der Waals surface area (Å²) in [5.74, 6) is 1.78. The number of anilines is 2. The quantitative estimate of drug-likeness (QED) is 0.342. The van der Waals surface area contributed by atoms with E-state index in [9.17, 15) is 0 Å². The Balaban J connectivity index is 1.30. The molecule has 2 aromatic heterocycles. The van der Waals surface area contributed by atoms with Crippen molar-refractivity contribution in [1.29, 1.82) is 0 Å². The van der Waals surface area contributed by atoms with Gasteiger partial charge in [-0.3, -0.25) is 0 Å². The number of nitrogens with zero attached hydrogens (tertiary/aromatic N) is 2. The van der Waals surface area contributed by atoms with Crippen molar-refractivity contribution < 1.29 is 4.74 Å². The summed E-state index contributed by atoms with van der Waals surface area (Å²) in [5.41, 5.74) is 6.53. The van der Waals surface area contributed by atoms with Gasteiger partial charge in [0.15, 0.2) is 0 Å². The zero-order valence-corrected chi connectivity index (χ0v) is 18.8. The van der Waals surface area contributed by atoms with Gasteiger partial charge in [-0.2, -0.15) is 0 Å². The van der Waals surface area contributed by atoms with Crippen molar-refractivity contribution in [2.24, 2.45) is 0 Å². The van der Waals surface area contributed by atoms with Gasteiger partial charge in [0.1, 0.15) is 11.6 Å². The van der Waals surface area contributed by atoms with E-state index in [2.05, 4.69) is 82.5 Å². The zero-order chi connectivity index (χ0) is 22.6. The van der Waals surface area contributed by atoms with Crippen LogP contribution in [-0.4, -0.2) is 16.2 Å². The topological polar surface area (TPSA) is 51.1 Å². The molecule has 2 N–H and O–H groups in total. The first kappa shape index (κ1) is 20.9. The molecule has 5 rings (SSSR count). The van der Waals surface area contributed by atoms with E-state index in [4.69, 9.17) is 4.74 Å². The summed E-state index contributed by atoms with van der Waals surface area (Å²) >= 11 is 0. The Bertz CT molecular complexity index is 1260. The third-order valence-corrected chi connectivity index (χ3v) is 6.00. The van der Waals surface area contributed by atoms with Gasteiger partial charge in [-0.1, -0.05) is 43.8 Å². The van der Waals surface area contributed by atoms with E-state index in [0.717, 1.165) is 53.7 Å². The number of hydrogen-bond acceptors (Lipinski definition) is 4. The SMILES string of the molecule is C=C(NC(CC)c1ccccc1)c1ccn(-c2ccnc(Nc3ccc4c(c3)CCO4)c2)c1. The number of ether oxygens (including phenoxy) is 1. The molecule has 5 nitrogen and oxygen atoms in total. The monoisotopic (exact) mass is 436 g/mol. The molecule has 0 saturated carbocycles. The van der Waals surface area contributed by atoms with Crippen LogP contribution in [0.25, 0.3) is 11.4 Å². The summed E-state index contributed by atoms with van der Waals surface area (Å²) in [7, 11) is 0. The van der Waals surface area contributed by atoms with Gasteiger partial charge in [0, 0.05) is 48.0 Å². The number of rotatable bonds is 8. The number of pyridine rings is 1. The summed E-state index contributed by atoms with van der Waals surface area (Å²) in [6.45, 7) is 7.23. The highest BCUT2D eigenvalue weighted by atomic mass is 16.5. The first-order chi connectivity index (χ1) is 16.2. The van der Waals surface area contributed by atoms with Gasteiger partial charge in [-0.25, -0.2) is 4.98 Å². The molecule has 1 unspecified atom stereocenters. The van der Waals surface area contributed by atoms with E-state index < -0.39 is 0 Å². The minimum absolute atomic E-state index is 0.233. The highest BCUT2D eigenvalue weighted by Gasteiger charge is 2.13. The van der Waals surface area contributed by atoms with Crippen LogP contribution in [0.15, 0.2) is 91.9 Å². The zero-order valence-electron chi connectivity index (χ0n) is 18.8. The summed E-state index contributed by atoms with van der Waals surface area (Å²) in [6.07, 6.45) is 7.91. The molecule has 0 bridgehead atoms. The maximum Gasteiger partial charge on any atom is 0.132 e. The number of benzene rings is 2. The Kier molecular flexibility index (Phi) is 5.85. The summed E-state index contributed by atoms with van der Waals surface area (Å²) in [4.78, 5) is 4.49. The molecule has 0 saturated heterocycles. The van der Waals surface area contributed by atoms with Gasteiger partial charge in [0.25, 0.3) is 0 Å². The molecular formula is C28H28N4O. The second-order valence-corrected chi connectivity index (χ2v) is 8.25. The number of aromatic nitrogens is 2. The van der Waals surface area contributed by atoms with Crippen molar-refractivity contribution in [1.82, 2.24) is 14.9 Å². The maximum absolute atomic E-state index is 5.60. The Labute approximate surface area is 194 Å². The van der Waals surface area contributed by atoms with Gasteiger partial charge in [-0.15, -0.1) is 0 Å². The maximum atomic E-state index is 5.60. The van der Waals surface area contributed by atoms with Crippen LogP contribution in [0.4, 0.5) is 11.5 Å². The van der Waals surface area contributed by atoms with Crippen LogP contribution in [0.1, 0.15) is 36.1 Å². The molecule has 1 aliphatic heterocycles. The number of nitrogens with one attached hydrogen (secondary N) is 2. The molecule has 33 heavy (non-hydrogen) atoms. The molecule has 2 aromatic carbocycles. The van der Waals surface area contributed by atoms with Crippen molar-refractivity contribution in [2.75, 3.05) is 11.9 Å². The summed E-state index contributed by atoms with van der Waals surface area (Å²) in [5, 5.41) is 7.00. The lowest BCUT2D eigenvalue weighted by Crippen LogP contribution is -2.18. The third kappa shape index (κ3) is 4.62. The van der Waals surface area contributed by atoms with E-state index in [0.29, 0.717) is 0 Å². The van der Waals surface area contributed by atoms with E-state index >= 15 is 0 Å². The van der Waals surface area contributed by atoms with Gasteiger partial charge in [0.05, 0.1) is 18.3 Å². The second-order valence-electron chi connectivity index (χ2n) is 8.25. The highest BCUT2D eigenvalue weighted by Crippen LogP contribution is 2.29. The Morgan fingerprint density at radius 2 is 2.00 bits per heavy atom. The molecule has 3 heterocycles. The summed E-state index contributed by atoms with van der Waals surface area (Å²) < 4.78 is 7.69. The fraction of sp³-hybridized carbons (Fsp3) is 0.179. The Morgan fingerprint density at radius 1 is 1.12 bits per heavy atom. The first-order valence-electron chi connectivity index (χ1n) is 11.4. The van der Waals surface area contributed by atoms with E-state index in [1.54, 1.807) is 0 Å². The van der Waals surface area contributed by atoms with E-state index in [1.807, 2.05) is 36.5 Å². The highest BCUT2D eigenvalue weighted by molar-refractivity contribution is 5.64. The molecule has 166 valence electrons. The lowest BCUT2D eigenvalue weighted by molar-refractivity contribution is 0.357. The van der Waals surface area contributed by atoms with E-state index in [-0.39, 0.29) is 6.04 Å². The molecule has 0 fully saturated rings. The lowest BCUT2D eigenvalue weighted by Gasteiger charge is -2.20. The lowest BCUT2D eigenvalue weighted by atomic mass is 10.0. The molecule has 0 spiro atoms. The smallest absolute Gasteiger partial charge is 0.132 e. The van der Waals surface area contributed by atoms with Crippen molar-refractivity contribution in [3.05, 3.63) is 109 Å². The molecule has 0 aliphatic carbocycles. The van der Waals surface area contributed by atoms with Crippen molar-refractivity contribution in [3.63, 3.8) is 0 Å². The van der Waals surface area contributed by atoms with Crippen LogP contribution in [0, 0.1) is 0 Å². The van der Waals surface area contributed by atoms with Crippen LogP contribution >= 0.6 is 0 Å². The predicted octanol–water partition coefficient (Wildman–Crippen LogP) is 6.26. The van der Waals surface area contributed by atoms with E-state index in [1.165, 1.54) is 11.1 Å². The molecule has 1 atom stereocenters. The molecule has 4 aromatic rings. The largest absolute Gasteiger partial charge is 0.493 e.